The van der Waals surface area contributed by atoms with Crippen LogP contribution >= 0.6 is 0 Å². The van der Waals surface area contributed by atoms with Gasteiger partial charge in [0.1, 0.15) is 11.4 Å². The van der Waals surface area contributed by atoms with Gasteiger partial charge in [-0.25, -0.2) is 4.63 Å². The Morgan fingerprint density at radius 1 is 1.48 bits per heavy atom. The molecular formula is C16H21N5O2. The van der Waals surface area contributed by atoms with Crippen molar-refractivity contribution in [3.05, 3.63) is 41.5 Å². The summed E-state index contributed by atoms with van der Waals surface area (Å²) in [5, 5.41) is 10.5. The SMILES string of the molecule is Cc1nonc1CC(=O)NC1CCCN(Cc2cccnc2)C1. The monoisotopic (exact) mass is 315 g/mol. The van der Waals surface area contributed by atoms with Crippen LogP contribution in [0.4, 0.5) is 0 Å². The second-order valence-corrected chi connectivity index (χ2v) is 5.98. The van der Waals surface area contributed by atoms with Gasteiger partial charge in [0, 0.05) is 31.5 Å². The zero-order valence-electron chi connectivity index (χ0n) is 13.2. The van der Waals surface area contributed by atoms with Crippen molar-refractivity contribution in [2.75, 3.05) is 13.1 Å². The molecule has 1 amide bonds. The van der Waals surface area contributed by atoms with Gasteiger partial charge in [-0.2, -0.15) is 0 Å². The summed E-state index contributed by atoms with van der Waals surface area (Å²) in [5.41, 5.74) is 2.47. The highest BCUT2D eigenvalue weighted by molar-refractivity contribution is 5.78. The van der Waals surface area contributed by atoms with Crippen LogP contribution < -0.4 is 5.32 Å². The lowest BCUT2D eigenvalue weighted by molar-refractivity contribution is -0.121. The van der Waals surface area contributed by atoms with Crippen LogP contribution in [-0.4, -0.2) is 45.2 Å². The van der Waals surface area contributed by atoms with Crippen molar-refractivity contribution in [3.8, 4) is 0 Å². The molecule has 3 heterocycles. The molecule has 1 saturated heterocycles. The van der Waals surface area contributed by atoms with Gasteiger partial charge in [0.25, 0.3) is 0 Å². The van der Waals surface area contributed by atoms with E-state index >= 15 is 0 Å². The molecule has 0 saturated carbocycles. The van der Waals surface area contributed by atoms with E-state index in [0.29, 0.717) is 11.4 Å². The number of amides is 1. The van der Waals surface area contributed by atoms with E-state index in [1.165, 1.54) is 5.56 Å². The van der Waals surface area contributed by atoms with E-state index < -0.39 is 0 Å². The predicted octanol–water partition coefficient (Wildman–Crippen LogP) is 1.10. The molecular weight excluding hydrogens is 294 g/mol. The molecule has 7 nitrogen and oxygen atoms in total. The smallest absolute Gasteiger partial charge is 0.226 e. The number of nitrogens with zero attached hydrogens (tertiary/aromatic N) is 4. The molecule has 1 unspecified atom stereocenters. The van der Waals surface area contributed by atoms with Gasteiger partial charge in [-0.1, -0.05) is 16.4 Å². The number of hydrogen-bond acceptors (Lipinski definition) is 6. The summed E-state index contributed by atoms with van der Waals surface area (Å²) in [6.45, 7) is 4.56. The number of carbonyl (C=O) groups excluding carboxylic acids is 1. The van der Waals surface area contributed by atoms with Crippen molar-refractivity contribution in [3.63, 3.8) is 0 Å². The third-order valence-electron chi connectivity index (χ3n) is 4.07. The number of likely N-dealkylation sites (tertiary alicyclic amines) is 1. The van der Waals surface area contributed by atoms with Crippen LogP contribution in [0.25, 0.3) is 0 Å². The number of rotatable bonds is 5. The molecule has 1 aliphatic heterocycles. The minimum atomic E-state index is -0.0305. The quantitative estimate of drug-likeness (QED) is 0.889. The van der Waals surface area contributed by atoms with Crippen LogP contribution in [0.15, 0.2) is 29.2 Å². The molecule has 0 bridgehead atoms. The molecule has 0 aromatic carbocycles. The standard InChI is InChI=1S/C16H21N5O2/c1-12-15(20-23-19-12)8-16(22)18-14-5-3-7-21(11-14)10-13-4-2-6-17-9-13/h2,4,6,9,14H,3,5,7-8,10-11H2,1H3,(H,18,22). The van der Waals surface area contributed by atoms with E-state index in [1.54, 1.807) is 13.1 Å². The minimum Gasteiger partial charge on any atom is -0.352 e. The summed E-state index contributed by atoms with van der Waals surface area (Å²) in [4.78, 5) is 18.7. The number of nitrogens with one attached hydrogen (secondary N) is 1. The number of aryl methyl sites for hydroxylation is 1. The molecule has 122 valence electrons. The van der Waals surface area contributed by atoms with Gasteiger partial charge in [0.15, 0.2) is 0 Å². The van der Waals surface area contributed by atoms with Gasteiger partial charge in [-0.15, -0.1) is 0 Å². The first-order valence-electron chi connectivity index (χ1n) is 7.89. The van der Waals surface area contributed by atoms with Gasteiger partial charge in [0.05, 0.1) is 6.42 Å². The molecule has 3 rings (SSSR count). The maximum absolute atomic E-state index is 12.1. The van der Waals surface area contributed by atoms with E-state index in [2.05, 4.69) is 36.2 Å². The average molecular weight is 315 g/mol. The number of carbonyl (C=O) groups is 1. The van der Waals surface area contributed by atoms with Crippen molar-refractivity contribution in [2.24, 2.45) is 0 Å². The minimum absolute atomic E-state index is 0.0305. The summed E-state index contributed by atoms with van der Waals surface area (Å²) in [6.07, 6.45) is 5.97. The van der Waals surface area contributed by atoms with Gasteiger partial charge >= 0.3 is 0 Å². The van der Waals surface area contributed by atoms with E-state index in [1.807, 2.05) is 12.3 Å². The Hall–Kier alpha value is -2.28. The van der Waals surface area contributed by atoms with Crippen LogP contribution in [0.2, 0.25) is 0 Å². The number of aromatic nitrogens is 3. The Balaban J connectivity index is 1.50. The molecule has 2 aromatic rings. The fourth-order valence-corrected chi connectivity index (χ4v) is 2.91. The summed E-state index contributed by atoms with van der Waals surface area (Å²) in [6, 6.07) is 4.20. The Kier molecular flexibility index (Phi) is 4.97. The van der Waals surface area contributed by atoms with Gasteiger partial charge < -0.3 is 5.32 Å². The van der Waals surface area contributed by atoms with Gasteiger partial charge in [0.2, 0.25) is 5.91 Å². The van der Waals surface area contributed by atoms with Crippen molar-refractivity contribution >= 4 is 5.91 Å². The molecule has 0 radical (unpaired) electrons. The number of hydrogen-bond donors (Lipinski definition) is 1. The van der Waals surface area contributed by atoms with Gasteiger partial charge in [-0.05, 0) is 37.9 Å². The second-order valence-electron chi connectivity index (χ2n) is 5.98. The van der Waals surface area contributed by atoms with Crippen LogP contribution in [-0.2, 0) is 17.8 Å². The molecule has 1 fully saturated rings. The summed E-state index contributed by atoms with van der Waals surface area (Å²) in [7, 11) is 0. The summed E-state index contributed by atoms with van der Waals surface area (Å²) in [5.74, 6) is -0.0305. The van der Waals surface area contributed by atoms with Crippen molar-refractivity contribution in [1.82, 2.24) is 25.5 Å². The Bertz CT molecular complexity index is 643. The largest absolute Gasteiger partial charge is 0.352 e. The maximum atomic E-state index is 12.1. The zero-order chi connectivity index (χ0) is 16.1. The Morgan fingerprint density at radius 3 is 3.13 bits per heavy atom. The zero-order valence-corrected chi connectivity index (χ0v) is 13.2. The lowest BCUT2D eigenvalue weighted by Crippen LogP contribution is -2.47. The molecule has 2 aromatic heterocycles. The molecule has 0 spiro atoms. The van der Waals surface area contributed by atoms with E-state index in [-0.39, 0.29) is 18.4 Å². The topological polar surface area (TPSA) is 84.1 Å². The summed E-state index contributed by atoms with van der Waals surface area (Å²) >= 11 is 0. The third kappa shape index (κ3) is 4.35. The second kappa shape index (κ2) is 7.32. The van der Waals surface area contributed by atoms with Gasteiger partial charge in [-0.3, -0.25) is 14.7 Å². The normalized spacial score (nSPS) is 18.7. The average Bonchev–Trinajstić information content (AvgIpc) is 2.93. The number of pyridine rings is 1. The molecule has 23 heavy (non-hydrogen) atoms. The fourth-order valence-electron chi connectivity index (χ4n) is 2.91. The third-order valence-corrected chi connectivity index (χ3v) is 4.07. The molecule has 1 aliphatic rings. The van der Waals surface area contributed by atoms with Crippen molar-refractivity contribution < 1.29 is 9.42 Å². The Labute approximate surface area is 135 Å². The van der Waals surface area contributed by atoms with Crippen LogP contribution in [0, 0.1) is 6.92 Å². The van der Waals surface area contributed by atoms with Crippen LogP contribution in [0.1, 0.15) is 29.8 Å². The first kappa shape index (κ1) is 15.6. The predicted molar refractivity (Wildman–Crippen MR) is 83.4 cm³/mol. The molecule has 1 atom stereocenters. The van der Waals surface area contributed by atoms with E-state index in [0.717, 1.165) is 32.5 Å². The fraction of sp³-hybridized carbons (Fsp3) is 0.500. The van der Waals surface area contributed by atoms with E-state index in [4.69, 9.17) is 0 Å². The first-order valence-corrected chi connectivity index (χ1v) is 7.89. The lowest BCUT2D eigenvalue weighted by Gasteiger charge is -2.33. The van der Waals surface area contributed by atoms with E-state index in [9.17, 15) is 4.79 Å². The maximum Gasteiger partial charge on any atom is 0.226 e. The highest BCUT2D eigenvalue weighted by atomic mass is 16.6. The Morgan fingerprint density at radius 2 is 2.39 bits per heavy atom. The highest BCUT2D eigenvalue weighted by Gasteiger charge is 2.22. The molecule has 1 N–H and O–H groups in total. The summed E-state index contributed by atoms with van der Waals surface area (Å²) < 4.78 is 4.63. The number of piperidine rings is 1. The molecule has 7 heteroatoms. The lowest BCUT2D eigenvalue weighted by atomic mass is 10.0. The van der Waals surface area contributed by atoms with Crippen LogP contribution in [0.3, 0.4) is 0 Å². The first-order chi connectivity index (χ1) is 11.2. The van der Waals surface area contributed by atoms with Crippen molar-refractivity contribution in [2.45, 2.75) is 38.8 Å². The molecule has 0 aliphatic carbocycles. The van der Waals surface area contributed by atoms with Crippen LogP contribution in [0.5, 0.6) is 0 Å². The van der Waals surface area contributed by atoms with Crippen molar-refractivity contribution in [1.29, 1.82) is 0 Å². The highest BCUT2D eigenvalue weighted by Crippen LogP contribution is 2.13.